The normalized spacial score (nSPS) is 14.2. The summed E-state index contributed by atoms with van der Waals surface area (Å²) in [6.07, 6.45) is 3.20. The lowest BCUT2D eigenvalue weighted by molar-refractivity contribution is 0.0718. The molecule has 5 nitrogen and oxygen atoms in total. The van der Waals surface area contributed by atoms with Gasteiger partial charge in [0.1, 0.15) is 17.2 Å². The number of hydrogen-bond donors (Lipinski definition) is 0. The molecule has 0 spiro atoms. The molecule has 0 aliphatic carbocycles. The largest absolute Gasteiger partial charge is 0.337 e. The standard InChI is InChI=1S/C25H23FN4O/c1-17-15-21(25(31)29-13-6-3-7-14-29)27-24-22(17)23(18-9-4-2-5-10-18)28-30(24)20-12-8-11-19(26)16-20/h2,4-5,8-12,15-16H,3,6-7,13-14H2,1H3. The molecule has 1 aliphatic rings. The predicted octanol–water partition coefficient (Wildman–Crippen LogP) is 5.16. The zero-order valence-corrected chi connectivity index (χ0v) is 17.4. The molecule has 4 aromatic rings. The number of aromatic nitrogens is 3. The lowest BCUT2D eigenvalue weighted by atomic mass is 10.0. The number of rotatable bonds is 3. The topological polar surface area (TPSA) is 51.0 Å². The molecule has 1 fully saturated rings. The van der Waals surface area contributed by atoms with Gasteiger partial charge < -0.3 is 4.90 Å². The number of likely N-dealkylation sites (tertiary alicyclic amines) is 1. The van der Waals surface area contributed by atoms with Crippen LogP contribution in [0.25, 0.3) is 28.0 Å². The molecule has 0 radical (unpaired) electrons. The molecule has 0 N–H and O–H groups in total. The molecular formula is C25H23FN4O. The van der Waals surface area contributed by atoms with Gasteiger partial charge in [0.25, 0.3) is 5.91 Å². The van der Waals surface area contributed by atoms with Crippen LogP contribution in [0.4, 0.5) is 4.39 Å². The Hall–Kier alpha value is -3.54. The SMILES string of the molecule is Cc1cc(C(=O)N2CCCCC2)nc2c1c(-c1ccccc1)nn2-c1cccc(F)c1. The van der Waals surface area contributed by atoms with E-state index in [4.69, 9.17) is 10.1 Å². The molecule has 5 rings (SSSR count). The number of fused-ring (bicyclic) bond motifs is 1. The Balaban J connectivity index is 1.72. The van der Waals surface area contributed by atoms with Gasteiger partial charge in [0, 0.05) is 18.7 Å². The van der Waals surface area contributed by atoms with Crippen LogP contribution in [0.3, 0.4) is 0 Å². The third-order valence-corrected chi connectivity index (χ3v) is 5.80. The van der Waals surface area contributed by atoms with Gasteiger partial charge in [-0.1, -0.05) is 36.4 Å². The van der Waals surface area contributed by atoms with Crippen LogP contribution < -0.4 is 0 Å². The first-order valence-electron chi connectivity index (χ1n) is 10.6. The molecule has 0 atom stereocenters. The summed E-state index contributed by atoms with van der Waals surface area (Å²) in [4.78, 5) is 19.8. The number of amides is 1. The summed E-state index contributed by atoms with van der Waals surface area (Å²) in [6, 6.07) is 18.0. The van der Waals surface area contributed by atoms with E-state index in [0.717, 1.165) is 54.6 Å². The van der Waals surface area contributed by atoms with Crippen molar-refractivity contribution in [3.8, 4) is 16.9 Å². The van der Waals surface area contributed by atoms with Crippen LogP contribution in [0.5, 0.6) is 0 Å². The Kier molecular flexibility index (Phi) is 4.98. The lowest BCUT2D eigenvalue weighted by Crippen LogP contribution is -2.36. The van der Waals surface area contributed by atoms with E-state index in [2.05, 4.69) is 0 Å². The molecule has 2 aromatic carbocycles. The Morgan fingerprint density at radius 3 is 2.48 bits per heavy atom. The van der Waals surface area contributed by atoms with E-state index < -0.39 is 0 Å². The van der Waals surface area contributed by atoms with E-state index >= 15 is 0 Å². The van der Waals surface area contributed by atoms with E-state index in [1.165, 1.54) is 12.1 Å². The molecule has 0 saturated carbocycles. The third kappa shape index (κ3) is 3.58. The van der Waals surface area contributed by atoms with Gasteiger partial charge in [-0.2, -0.15) is 5.10 Å². The zero-order chi connectivity index (χ0) is 21.4. The van der Waals surface area contributed by atoms with Crippen molar-refractivity contribution < 1.29 is 9.18 Å². The summed E-state index contributed by atoms with van der Waals surface area (Å²) in [7, 11) is 0. The van der Waals surface area contributed by atoms with Gasteiger partial charge in [-0.15, -0.1) is 0 Å². The van der Waals surface area contributed by atoms with Gasteiger partial charge in [-0.05, 0) is 56.0 Å². The van der Waals surface area contributed by atoms with Gasteiger partial charge >= 0.3 is 0 Å². The minimum atomic E-state index is -0.348. The third-order valence-electron chi connectivity index (χ3n) is 5.80. The highest BCUT2D eigenvalue weighted by Crippen LogP contribution is 2.32. The predicted molar refractivity (Wildman–Crippen MR) is 119 cm³/mol. The molecule has 6 heteroatoms. The first-order chi connectivity index (χ1) is 15.1. The van der Waals surface area contributed by atoms with Crippen molar-refractivity contribution >= 4 is 16.9 Å². The summed E-state index contributed by atoms with van der Waals surface area (Å²) >= 11 is 0. The monoisotopic (exact) mass is 414 g/mol. The van der Waals surface area contributed by atoms with Crippen LogP contribution in [0.1, 0.15) is 35.3 Å². The van der Waals surface area contributed by atoms with E-state index in [0.29, 0.717) is 17.0 Å². The number of pyridine rings is 1. The van der Waals surface area contributed by atoms with E-state index in [1.807, 2.05) is 48.2 Å². The second-order valence-electron chi connectivity index (χ2n) is 7.98. The summed E-state index contributed by atoms with van der Waals surface area (Å²) in [6.45, 7) is 3.49. The van der Waals surface area contributed by atoms with Gasteiger partial charge in [0.05, 0.1) is 11.1 Å². The fourth-order valence-corrected chi connectivity index (χ4v) is 4.25. The van der Waals surface area contributed by atoms with Crippen molar-refractivity contribution in [2.45, 2.75) is 26.2 Å². The van der Waals surface area contributed by atoms with Gasteiger partial charge in [0.15, 0.2) is 5.65 Å². The highest BCUT2D eigenvalue weighted by Gasteiger charge is 2.23. The number of benzene rings is 2. The number of hydrogen-bond acceptors (Lipinski definition) is 3. The average molecular weight is 414 g/mol. The maximum Gasteiger partial charge on any atom is 0.272 e. The molecule has 0 unspecified atom stereocenters. The molecule has 1 aliphatic heterocycles. The zero-order valence-electron chi connectivity index (χ0n) is 17.4. The van der Waals surface area contributed by atoms with E-state index in [1.54, 1.807) is 16.8 Å². The van der Waals surface area contributed by atoms with Crippen LogP contribution in [-0.2, 0) is 0 Å². The van der Waals surface area contributed by atoms with Gasteiger partial charge in [0.2, 0.25) is 0 Å². The first-order valence-corrected chi connectivity index (χ1v) is 10.6. The number of carbonyl (C=O) groups is 1. The van der Waals surface area contributed by atoms with Crippen molar-refractivity contribution in [1.82, 2.24) is 19.7 Å². The summed E-state index contributed by atoms with van der Waals surface area (Å²) in [5, 5.41) is 5.67. The fourth-order valence-electron chi connectivity index (χ4n) is 4.25. The Morgan fingerprint density at radius 1 is 0.968 bits per heavy atom. The highest BCUT2D eigenvalue weighted by atomic mass is 19.1. The van der Waals surface area contributed by atoms with Gasteiger partial charge in [-0.3, -0.25) is 4.79 Å². The van der Waals surface area contributed by atoms with Crippen molar-refractivity contribution in [2.24, 2.45) is 0 Å². The van der Waals surface area contributed by atoms with Crippen LogP contribution >= 0.6 is 0 Å². The van der Waals surface area contributed by atoms with Gasteiger partial charge in [-0.25, -0.2) is 14.1 Å². The highest BCUT2D eigenvalue weighted by molar-refractivity contribution is 5.99. The fraction of sp³-hybridized carbons (Fsp3) is 0.240. The van der Waals surface area contributed by atoms with Crippen molar-refractivity contribution in [1.29, 1.82) is 0 Å². The Bertz CT molecular complexity index is 1260. The Labute approximate surface area is 180 Å². The molecule has 0 bridgehead atoms. The van der Waals surface area contributed by atoms with E-state index in [9.17, 15) is 9.18 Å². The number of carbonyl (C=O) groups excluding carboxylic acids is 1. The second kappa shape index (κ2) is 7.95. The minimum absolute atomic E-state index is 0.0575. The molecule has 1 saturated heterocycles. The maximum atomic E-state index is 14.0. The molecule has 3 heterocycles. The quantitative estimate of drug-likeness (QED) is 0.465. The maximum absolute atomic E-state index is 14.0. The van der Waals surface area contributed by atoms with Crippen LogP contribution in [0.2, 0.25) is 0 Å². The molecule has 2 aromatic heterocycles. The van der Waals surface area contributed by atoms with Crippen LogP contribution in [0, 0.1) is 12.7 Å². The first kappa shape index (κ1) is 19.4. The smallest absolute Gasteiger partial charge is 0.272 e. The van der Waals surface area contributed by atoms with Crippen molar-refractivity contribution in [3.05, 3.63) is 77.7 Å². The number of piperidine rings is 1. The van der Waals surface area contributed by atoms with Crippen molar-refractivity contribution in [2.75, 3.05) is 13.1 Å². The van der Waals surface area contributed by atoms with Crippen LogP contribution in [0.15, 0.2) is 60.7 Å². The summed E-state index contributed by atoms with van der Waals surface area (Å²) in [5.74, 6) is -0.405. The Morgan fingerprint density at radius 2 is 1.74 bits per heavy atom. The summed E-state index contributed by atoms with van der Waals surface area (Å²) in [5.41, 5.74) is 4.17. The van der Waals surface area contributed by atoms with E-state index in [-0.39, 0.29) is 11.7 Å². The molecule has 1 amide bonds. The minimum Gasteiger partial charge on any atom is -0.337 e. The lowest BCUT2D eigenvalue weighted by Gasteiger charge is -2.26. The van der Waals surface area contributed by atoms with Crippen molar-refractivity contribution in [3.63, 3.8) is 0 Å². The molecule has 31 heavy (non-hydrogen) atoms. The second-order valence-corrected chi connectivity index (χ2v) is 7.98. The number of halogens is 1. The molecular weight excluding hydrogens is 391 g/mol. The number of aryl methyl sites for hydroxylation is 1. The molecule has 156 valence electrons. The summed E-state index contributed by atoms with van der Waals surface area (Å²) < 4.78 is 15.6. The van der Waals surface area contributed by atoms with Crippen LogP contribution in [-0.4, -0.2) is 38.7 Å². The average Bonchev–Trinajstić information content (AvgIpc) is 3.20. The number of nitrogens with zero attached hydrogens (tertiary/aromatic N) is 4.